The number of imidazole rings is 1. The van der Waals surface area contributed by atoms with E-state index < -0.39 is 0 Å². The topological polar surface area (TPSA) is 43.3 Å². The third-order valence-electron chi connectivity index (χ3n) is 2.96. The molecule has 3 rings (SSSR count). The summed E-state index contributed by atoms with van der Waals surface area (Å²) in [6.07, 6.45) is 3.00. The van der Waals surface area contributed by atoms with Gasteiger partial charge in [0.1, 0.15) is 11.5 Å². The lowest BCUT2D eigenvalue weighted by molar-refractivity contribution is 0.762. The average Bonchev–Trinajstić information content (AvgIpc) is 2.87. The third-order valence-corrected chi connectivity index (χ3v) is 4.35. The molecule has 2 aromatic heterocycles. The Labute approximate surface area is 103 Å². The largest absolute Gasteiger partial charge is 0.383 e. The van der Waals surface area contributed by atoms with Crippen molar-refractivity contribution in [2.45, 2.75) is 12.3 Å². The Morgan fingerprint density at radius 3 is 3.12 bits per heavy atom. The van der Waals surface area contributed by atoms with Crippen LogP contribution in [0.2, 0.25) is 5.02 Å². The summed E-state index contributed by atoms with van der Waals surface area (Å²) < 4.78 is 1.88. The van der Waals surface area contributed by atoms with Gasteiger partial charge in [0.2, 0.25) is 0 Å². The second-order valence-electron chi connectivity index (χ2n) is 4.02. The lowest BCUT2D eigenvalue weighted by Crippen LogP contribution is -2.02. The molecule has 0 bridgehead atoms. The van der Waals surface area contributed by atoms with Crippen LogP contribution in [0.4, 0.5) is 5.82 Å². The zero-order valence-electron chi connectivity index (χ0n) is 8.69. The molecular formula is C11H12ClN3S. The van der Waals surface area contributed by atoms with E-state index in [1.54, 1.807) is 0 Å². The molecule has 1 aliphatic heterocycles. The number of hydrogen-bond donors (Lipinski definition) is 1. The Morgan fingerprint density at radius 1 is 1.50 bits per heavy atom. The molecule has 1 fully saturated rings. The smallest absolute Gasteiger partial charge is 0.138 e. The minimum Gasteiger partial charge on any atom is -0.383 e. The maximum Gasteiger partial charge on any atom is 0.138 e. The summed E-state index contributed by atoms with van der Waals surface area (Å²) in [5.74, 6) is 3.58. The Kier molecular flexibility index (Phi) is 2.48. The minimum absolute atomic E-state index is 0.503. The number of anilines is 1. The van der Waals surface area contributed by atoms with Crippen LogP contribution in [0.15, 0.2) is 18.3 Å². The number of nitrogens with zero attached hydrogens (tertiary/aromatic N) is 2. The van der Waals surface area contributed by atoms with Gasteiger partial charge in [-0.15, -0.1) is 0 Å². The number of nitrogens with two attached hydrogens (primary N) is 1. The third kappa shape index (κ3) is 1.57. The molecule has 2 aromatic rings. The summed E-state index contributed by atoms with van der Waals surface area (Å²) in [6.45, 7) is 0. The van der Waals surface area contributed by atoms with Crippen molar-refractivity contribution in [1.29, 1.82) is 0 Å². The van der Waals surface area contributed by atoms with Crippen molar-refractivity contribution in [3.8, 4) is 0 Å². The van der Waals surface area contributed by atoms with Crippen LogP contribution in [0.3, 0.4) is 0 Å². The zero-order valence-corrected chi connectivity index (χ0v) is 10.3. The molecule has 5 heteroatoms. The number of halogens is 1. The molecule has 0 spiro atoms. The molecule has 1 saturated heterocycles. The molecule has 84 valence electrons. The lowest BCUT2D eigenvalue weighted by atomic mass is 10.1. The van der Waals surface area contributed by atoms with Gasteiger partial charge in [-0.25, -0.2) is 4.98 Å². The van der Waals surface area contributed by atoms with Crippen LogP contribution in [0, 0.1) is 0 Å². The highest BCUT2D eigenvalue weighted by molar-refractivity contribution is 7.99. The first kappa shape index (κ1) is 10.3. The molecule has 3 heterocycles. The number of hydrogen-bond acceptors (Lipinski definition) is 3. The first-order valence-electron chi connectivity index (χ1n) is 5.26. The van der Waals surface area contributed by atoms with Gasteiger partial charge in [-0.2, -0.15) is 11.8 Å². The highest BCUT2D eigenvalue weighted by Crippen LogP contribution is 2.35. The van der Waals surface area contributed by atoms with Gasteiger partial charge in [-0.05, 0) is 24.3 Å². The summed E-state index contributed by atoms with van der Waals surface area (Å²) in [5, 5.41) is 0.684. The van der Waals surface area contributed by atoms with Crippen LogP contribution < -0.4 is 5.73 Å². The van der Waals surface area contributed by atoms with Gasteiger partial charge >= 0.3 is 0 Å². The van der Waals surface area contributed by atoms with Gasteiger partial charge in [0.25, 0.3) is 0 Å². The van der Waals surface area contributed by atoms with Crippen LogP contribution >= 0.6 is 23.4 Å². The van der Waals surface area contributed by atoms with Crippen LogP contribution in [-0.2, 0) is 0 Å². The molecule has 1 aliphatic rings. The van der Waals surface area contributed by atoms with Crippen molar-refractivity contribution in [3.05, 3.63) is 29.0 Å². The van der Waals surface area contributed by atoms with Crippen molar-refractivity contribution < 1.29 is 0 Å². The van der Waals surface area contributed by atoms with Crippen molar-refractivity contribution in [2.75, 3.05) is 17.2 Å². The molecule has 16 heavy (non-hydrogen) atoms. The second-order valence-corrected chi connectivity index (χ2v) is 5.60. The number of thioether (sulfide) groups is 1. The number of nitrogen functional groups attached to an aromatic ring is 1. The molecular weight excluding hydrogens is 242 g/mol. The summed E-state index contributed by atoms with van der Waals surface area (Å²) in [4.78, 5) is 4.60. The van der Waals surface area contributed by atoms with E-state index in [4.69, 9.17) is 17.3 Å². The Hall–Kier alpha value is -0.870. The quantitative estimate of drug-likeness (QED) is 0.850. The van der Waals surface area contributed by atoms with Gasteiger partial charge in [0.05, 0.1) is 10.7 Å². The molecule has 1 atom stereocenters. The maximum absolute atomic E-state index is 6.12. The van der Waals surface area contributed by atoms with Gasteiger partial charge < -0.3 is 5.73 Å². The maximum atomic E-state index is 6.12. The fourth-order valence-electron chi connectivity index (χ4n) is 2.11. The van der Waals surface area contributed by atoms with E-state index >= 15 is 0 Å². The molecule has 0 aromatic carbocycles. The van der Waals surface area contributed by atoms with E-state index in [1.807, 2.05) is 34.5 Å². The van der Waals surface area contributed by atoms with Crippen LogP contribution in [0.1, 0.15) is 18.0 Å². The molecule has 1 unspecified atom stereocenters. The Morgan fingerprint density at radius 2 is 2.38 bits per heavy atom. The van der Waals surface area contributed by atoms with Crippen molar-refractivity contribution >= 4 is 34.8 Å². The predicted octanol–water partition coefficient (Wildman–Crippen LogP) is 2.79. The summed E-state index contributed by atoms with van der Waals surface area (Å²) in [7, 11) is 0. The molecule has 3 nitrogen and oxygen atoms in total. The normalized spacial score (nSPS) is 20.7. The SMILES string of the molecule is Nc1c(C2CCSC2)nc2ccc(Cl)cn12. The van der Waals surface area contributed by atoms with Gasteiger partial charge in [-0.3, -0.25) is 4.40 Å². The number of aromatic nitrogens is 2. The standard InChI is InChI=1S/C11H12ClN3S/c12-8-1-2-9-14-10(7-3-4-16-6-7)11(13)15(9)5-8/h1-2,5,7H,3-4,6,13H2. The van der Waals surface area contributed by atoms with E-state index in [-0.39, 0.29) is 0 Å². The number of pyridine rings is 1. The first-order valence-corrected chi connectivity index (χ1v) is 6.79. The van der Waals surface area contributed by atoms with E-state index in [0.29, 0.717) is 10.9 Å². The fraction of sp³-hybridized carbons (Fsp3) is 0.364. The number of fused-ring (bicyclic) bond motifs is 1. The van der Waals surface area contributed by atoms with E-state index in [1.165, 1.54) is 12.2 Å². The van der Waals surface area contributed by atoms with E-state index in [0.717, 1.165) is 22.9 Å². The van der Waals surface area contributed by atoms with Gasteiger partial charge in [-0.1, -0.05) is 11.6 Å². The van der Waals surface area contributed by atoms with Crippen LogP contribution in [-0.4, -0.2) is 20.9 Å². The van der Waals surface area contributed by atoms with Gasteiger partial charge in [0.15, 0.2) is 0 Å². The highest BCUT2D eigenvalue weighted by Gasteiger charge is 2.23. The van der Waals surface area contributed by atoms with Crippen LogP contribution in [0.5, 0.6) is 0 Å². The fourth-order valence-corrected chi connectivity index (χ4v) is 3.49. The van der Waals surface area contributed by atoms with Crippen LogP contribution in [0.25, 0.3) is 5.65 Å². The average molecular weight is 254 g/mol. The Bertz CT molecular complexity index is 531. The predicted molar refractivity (Wildman–Crippen MR) is 69.3 cm³/mol. The van der Waals surface area contributed by atoms with E-state index in [9.17, 15) is 0 Å². The number of rotatable bonds is 1. The van der Waals surface area contributed by atoms with Crippen molar-refractivity contribution in [3.63, 3.8) is 0 Å². The second kappa shape index (κ2) is 3.86. The molecule has 2 N–H and O–H groups in total. The first-order chi connectivity index (χ1) is 7.75. The highest BCUT2D eigenvalue weighted by atomic mass is 35.5. The Balaban J connectivity index is 2.15. The summed E-state index contributed by atoms with van der Waals surface area (Å²) in [5.41, 5.74) is 8.04. The summed E-state index contributed by atoms with van der Waals surface area (Å²) >= 11 is 7.92. The molecule has 0 radical (unpaired) electrons. The van der Waals surface area contributed by atoms with Crippen molar-refractivity contribution in [2.24, 2.45) is 0 Å². The summed E-state index contributed by atoms with van der Waals surface area (Å²) in [6, 6.07) is 3.75. The van der Waals surface area contributed by atoms with Crippen molar-refractivity contribution in [1.82, 2.24) is 9.38 Å². The minimum atomic E-state index is 0.503. The zero-order chi connectivity index (χ0) is 11.1. The molecule has 0 aliphatic carbocycles. The molecule has 0 saturated carbocycles. The van der Waals surface area contributed by atoms with Gasteiger partial charge in [0, 0.05) is 17.9 Å². The lowest BCUT2D eigenvalue weighted by Gasteiger charge is -2.04. The monoisotopic (exact) mass is 253 g/mol. The molecule has 0 amide bonds. The van der Waals surface area contributed by atoms with E-state index in [2.05, 4.69) is 4.98 Å².